The molecule has 1 aromatic heterocycles. The van der Waals surface area contributed by atoms with Gasteiger partial charge >= 0.3 is 0 Å². The Morgan fingerprint density at radius 3 is 2.56 bits per heavy atom. The van der Waals surface area contributed by atoms with Gasteiger partial charge < -0.3 is 5.32 Å². The smallest absolute Gasteiger partial charge is 0.103 e. The van der Waals surface area contributed by atoms with Crippen LogP contribution in [0.5, 0.6) is 0 Å². The Hall–Kier alpha value is -0.0600. The number of hydrogen-bond acceptors (Lipinski definition) is 4. The molecule has 0 saturated heterocycles. The number of nitrogens with zero attached hydrogens (tertiary/aromatic N) is 1. The van der Waals surface area contributed by atoms with E-state index in [1.54, 1.807) is 0 Å². The van der Waals surface area contributed by atoms with Crippen LogP contribution in [0.25, 0.3) is 0 Å². The third kappa shape index (κ3) is 5.72. The second kappa shape index (κ2) is 7.51. The van der Waals surface area contributed by atoms with Crippen molar-refractivity contribution in [2.24, 2.45) is 0 Å². The van der Waals surface area contributed by atoms with Crippen LogP contribution in [-0.2, 0) is 18.7 Å². The lowest BCUT2D eigenvalue weighted by Crippen LogP contribution is -2.11. The molecule has 4 heteroatoms. The number of nitrogens with one attached hydrogen (secondary N) is 1. The van der Waals surface area contributed by atoms with Crippen molar-refractivity contribution < 1.29 is 0 Å². The second-order valence-corrected chi connectivity index (χ2v) is 8.38. The number of aryl methyl sites for hydroxylation is 1. The van der Waals surface area contributed by atoms with Crippen LogP contribution in [0.4, 0.5) is 0 Å². The fourth-order valence-corrected chi connectivity index (χ4v) is 3.50. The highest BCUT2D eigenvalue weighted by molar-refractivity contribution is 7.99. The first-order valence-electron chi connectivity index (χ1n) is 6.78. The molecule has 0 bridgehead atoms. The summed E-state index contributed by atoms with van der Waals surface area (Å²) in [4.78, 5) is 6.25. The van der Waals surface area contributed by atoms with E-state index >= 15 is 0 Å². The number of thioether (sulfide) groups is 1. The third-order valence-electron chi connectivity index (χ3n) is 2.47. The lowest BCUT2D eigenvalue weighted by molar-refractivity contribution is 0.723. The Balaban J connectivity index is 2.68. The first-order valence-corrected chi connectivity index (χ1v) is 8.58. The number of rotatable bonds is 7. The Morgan fingerprint density at radius 2 is 2.00 bits per heavy atom. The Kier molecular flexibility index (Phi) is 6.67. The molecule has 0 unspecified atom stereocenters. The van der Waals surface area contributed by atoms with Crippen LogP contribution in [0.15, 0.2) is 0 Å². The van der Waals surface area contributed by atoms with Gasteiger partial charge in [-0.15, -0.1) is 23.1 Å². The largest absolute Gasteiger partial charge is 0.312 e. The van der Waals surface area contributed by atoms with E-state index in [4.69, 9.17) is 4.98 Å². The maximum absolute atomic E-state index is 4.81. The molecule has 0 amide bonds. The average molecular weight is 287 g/mol. The monoisotopic (exact) mass is 286 g/mol. The van der Waals surface area contributed by atoms with Crippen LogP contribution >= 0.6 is 23.1 Å². The average Bonchev–Trinajstić information content (AvgIpc) is 2.66. The van der Waals surface area contributed by atoms with E-state index < -0.39 is 0 Å². The van der Waals surface area contributed by atoms with Gasteiger partial charge in [-0.2, -0.15) is 0 Å². The lowest BCUT2D eigenvalue weighted by atomic mass is 10.2. The van der Waals surface area contributed by atoms with Crippen LogP contribution in [0, 0.1) is 0 Å². The van der Waals surface area contributed by atoms with Crippen LogP contribution < -0.4 is 5.32 Å². The summed E-state index contributed by atoms with van der Waals surface area (Å²) < 4.78 is 0.318. The molecule has 0 saturated carbocycles. The van der Waals surface area contributed by atoms with Crippen molar-refractivity contribution in [3.63, 3.8) is 0 Å². The topological polar surface area (TPSA) is 24.9 Å². The number of hydrogen-bond donors (Lipinski definition) is 1. The molecule has 104 valence electrons. The fourth-order valence-electron chi connectivity index (χ4n) is 1.59. The predicted molar refractivity (Wildman–Crippen MR) is 84.5 cm³/mol. The maximum Gasteiger partial charge on any atom is 0.103 e. The minimum Gasteiger partial charge on any atom is -0.312 e. The van der Waals surface area contributed by atoms with Crippen LogP contribution in [0.1, 0.15) is 56.6 Å². The van der Waals surface area contributed by atoms with Crippen molar-refractivity contribution in [3.8, 4) is 0 Å². The van der Waals surface area contributed by atoms with Gasteiger partial charge in [0, 0.05) is 21.9 Å². The molecule has 1 N–H and O–H groups in total. The molecular weight excluding hydrogens is 260 g/mol. The van der Waals surface area contributed by atoms with Crippen molar-refractivity contribution in [1.29, 1.82) is 0 Å². The number of thiazole rings is 1. The number of aromatic nitrogens is 1. The van der Waals surface area contributed by atoms with Gasteiger partial charge in [-0.3, -0.25) is 0 Å². The summed E-state index contributed by atoms with van der Waals surface area (Å²) in [6.07, 6.45) is 2.28. The molecule has 0 atom stereocenters. The lowest BCUT2D eigenvalue weighted by Gasteiger charge is -2.16. The van der Waals surface area contributed by atoms with E-state index in [9.17, 15) is 0 Å². The summed E-state index contributed by atoms with van der Waals surface area (Å²) in [5.41, 5.74) is 1.31. The van der Waals surface area contributed by atoms with Gasteiger partial charge in [-0.25, -0.2) is 4.98 Å². The maximum atomic E-state index is 4.81. The SMILES string of the molecule is CCCc1nc(CSC(C)(C)C)sc1CNCC. The Bertz CT molecular complexity index is 353. The van der Waals surface area contributed by atoms with Crippen molar-refractivity contribution >= 4 is 23.1 Å². The van der Waals surface area contributed by atoms with Gasteiger partial charge in [-0.05, 0) is 13.0 Å². The van der Waals surface area contributed by atoms with E-state index in [-0.39, 0.29) is 0 Å². The van der Waals surface area contributed by atoms with Crippen molar-refractivity contribution in [1.82, 2.24) is 10.3 Å². The van der Waals surface area contributed by atoms with E-state index in [2.05, 4.69) is 39.9 Å². The highest BCUT2D eigenvalue weighted by atomic mass is 32.2. The zero-order chi connectivity index (χ0) is 13.6. The van der Waals surface area contributed by atoms with Gasteiger partial charge in [0.1, 0.15) is 5.01 Å². The quantitative estimate of drug-likeness (QED) is 0.811. The summed E-state index contributed by atoms with van der Waals surface area (Å²) in [6.45, 7) is 13.2. The highest BCUT2D eigenvalue weighted by Crippen LogP contribution is 2.30. The molecule has 0 aliphatic rings. The molecule has 2 nitrogen and oxygen atoms in total. The van der Waals surface area contributed by atoms with E-state index in [1.807, 2.05) is 23.1 Å². The molecule has 18 heavy (non-hydrogen) atoms. The molecule has 0 fully saturated rings. The van der Waals surface area contributed by atoms with Crippen molar-refractivity contribution in [2.45, 2.75) is 64.5 Å². The molecule has 0 aromatic carbocycles. The second-order valence-electron chi connectivity index (χ2n) is 5.41. The minimum absolute atomic E-state index is 0.318. The Morgan fingerprint density at radius 1 is 1.28 bits per heavy atom. The molecule has 0 spiro atoms. The van der Waals surface area contributed by atoms with E-state index in [1.165, 1.54) is 22.0 Å². The fraction of sp³-hybridized carbons (Fsp3) is 0.786. The van der Waals surface area contributed by atoms with Gasteiger partial charge in [0.15, 0.2) is 0 Å². The zero-order valence-electron chi connectivity index (χ0n) is 12.3. The molecule has 0 aliphatic heterocycles. The normalized spacial score (nSPS) is 12.1. The molecular formula is C14H26N2S2. The first kappa shape index (κ1) is 16.0. The first-order chi connectivity index (χ1) is 8.46. The molecule has 0 radical (unpaired) electrons. The summed E-state index contributed by atoms with van der Waals surface area (Å²) in [5, 5.41) is 4.70. The van der Waals surface area contributed by atoms with Crippen LogP contribution in [0.3, 0.4) is 0 Å². The molecule has 1 aromatic rings. The summed E-state index contributed by atoms with van der Waals surface area (Å²) in [7, 11) is 0. The highest BCUT2D eigenvalue weighted by Gasteiger charge is 2.14. The standard InChI is InChI=1S/C14H26N2S2/c1-6-8-11-12(9-15-7-2)18-13(16-11)10-17-14(3,4)5/h15H,6-10H2,1-5H3. The minimum atomic E-state index is 0.318. The van der Waals surface area contributed by atoms with E-state index in [0.29, 0.717) is 4.75 Å². The van der Waals surface area contributed by atoms with Crippen molar-refractivity contribution in [2.75, 3.05) is 6.54 Å². The van der Waals surface area contributed by atoms with Gasteiger partial charge in [-0.1, -0.05) is 41.0 Å². The van der Waals surface area contributed by atoms with Gasteiger partial charge in [0.05, 0.1) is 5.69 Å². The molecule has 1 heterocycles. The van der Waals surface area contributed by atoms with E-state index in [0.717, 1.165) is 25.3 Å². The summed E-state index contributed by atoms with van der Waals surface area (Å²) in [6, 6.07) is 0. The van der Waals surface area contributed by atoms with Crippen molar-refractivity contribution in [3.05, 3.63) is 15.6 Å². The summed E-state index contributed by atoms with van der Waals surface area (Å²) in [5.74, 6) is 1.04. The summed E-state index contributed by atoms with van der Waals surface area (Å²) >= 11 is 3.86. The van der Waals surface area contributed by atoms with Crippen LogP contribution in [-0.4, -0.2) is 16.3 Å². The van der Waals surface area contributed by atoms with Gasteiger partial charge in [0.2, 0.25) is 0 Å². The zero-order valence-corrected chi connectivity index (χ0v) is 13.9. The van der Waals surface area contributed by atoms with Crippen LogP contribution in [0.2, 0.25) is 0 Å². The molecule has 1 rings (SSSR count). The third-order valence-corrected chi connectivity index (χ3v) is 5.04. The molecule has 0 aliphatic carbocycles. The van der Waals surface area contributed by atoms with Gasteiger partial charge in [0.25, 0.3) is 0 Å². The predicted octanol–water partition coefficient (Wildman–Crippen LogP) is 4.24. The Labute approximate surface area is 120 Å².